The minimum absolute atomic E-state index is 0.106. The van der Waals surface area contributed by atoms with Crippen molar-refractivity contribution in [3.63, 3.8) is 0 Å². The first-order chi connectivity index (χ1) is 18.5. The summed E-state index contributed by atoms with van der Waals surface area (Å²) in [7, 11) is -2.78. The average molecular weight is 542 g/mol. The molecular formula is C32H31ClN2O2P+. The molecule has 0 atom stereocenters. The van der Waals surface area contributed by atoms with Crippen LogP contribution in [-0.2, 0) is 4.79 Å². The van der Waals surface area contributed by atoms with E-state index in [-0.39, 0.29) is 17.5 Å². The zero-order valence-electron chi connectivity index (χ0n) is 21.6. The minimum atomic E-state index is -2.78. The number of rotatable bonds is 9. The maximum absolute atomic E-state index is 14.0. The highest BCUT2D eigenvalue weighted by molar-refractivity contribution is 8.00. The van der Waals surface area contributed by atoms with Gasteiger partial charge < -0.3 is 10.2 Å². The Morgan fingerprint density at radius 1 is 0.658 bits per heavy atom. The first-order valence-electron chi connectivity index (χ1n) is 12.7. The van der Waals surface area contributed by atoms with Crippen molar-refractivity contribution in [3.05, 3.63) is 137 Å². The van der Waals surface area contributed by atoms with Gasteiger partial charge >= 0.3 is 0 Å². The summed E-state index contributed by atoms with van der Waals surface area (Å²) in [5.41, 5.74) is 0.555. The number of amides is 2. The molecule has 0 saturated carbocycles. The van der Waals surface area contributed by atoms with Crippen LogP contribution in [0.4, 0.5) is 0 Å². The number of carbonyl (C=O) groups excluding carboxylic acids is 2. The SMILES string of the molecule is CCN(CC)C(=O)C(NC(=O)c1ccccc1)=C(Cl)[P+](c1ccccc1)(c1ccccc1)c1ccccc1. The van der Waals surface area contributed by atoms with Crippen molar-refractivity contribution in [2.45, 2.75) is 13.8 Å². The van der Waals surface area contributed by atoms with E-state index in [1.807, 2.05) is 74.5 Å². The fourth-order valence-electron chi connectivity index (χ4n) is 4.55. The highest BCUT2D eigenvalue weighted by atomic mass is 35.5. The molecule has 6 heteroatoms. The second kappa shape index (κ2) is 12.7. The van der Waals surface area contributed by atoms with Crippen LogP contribution in [0, 0.1) is 0 Å². The fraction of sp³-hybridized carbons (Fsp3) is 0.125. The average Bonchev–Trinajstić information content (AvgIpc) is 2.99. The summed E-state index contributed by atoms with van der Waals surface area (Å²) >= 11 is 7.52. The van der Waals surface area contributed by atoms with Crippen LogP contribution in [-0.4, -0.2) is 29.8 Å². The van der Waals surface area contributed by atoms with Crippen LogP contribution >= 0.6 is 18.9 Å². The van der Waals surface area contributed by atoms with Gasteiger partial charge in [-0.05, 0) is 74.0 Å². The molecule has 0 spiro atoms. The van der Waals surface area contributed by atoms with E-state index in [9.17, 15) is 9.59 Å². The molecule has 38 heavy (non-hydrogen) atoms. The van der Waals surface area contributed by atoms with Crippen molar-refractivity contribution in [2.75, 3.05) is 13.1 Å². The summed E-state index contributed by atoms with van der Waals surface area (Å²) in [5, 5.41) is 5.90. The largest absolute Gasteiger partial charge is 0.338 e. The Morgan fingerprint density at radius 3 is 1.39 bits per heavy atom. The Morgan fingerprint density at radius 2 is 1.03 bits per heavy atom. The third-order valence-corrected chi connectivity index (χ3v) is 11.5. The quantitative estimate of drug-likeness (QED) is 0.219. The molecule has 1 N–H and O–H groups in total. The number of nitrogens with one attached hydrogen (secondary N) is 1. The monoisotopic (exact) mass is 541 g/mol. The van der Waals surface area contributed by atoms with Crippen LogP contribution in [0.2, 0.25) is 0 Å². The number of hydrogen-bond acceptors (Lipinski definition) is 2. The number of carbonyl (C=O) groups is 2. The van der Waals surface area contributed by atoms with Crippen molar-refractivity contribution >= 4 is 46.6 Å². The van der Waals surface area contributed by atoms with Crippen LogP contribution in [0.1, 0.15) is 24.2 Å². The predicted octanol–water partition coefficient (Wildman–Crippen LogP) is 5.69. The fourth-order valence-corrected chi connectivity index (χ4v) is 9.47. The van der Waals surface area contributed by atoms with E-state index in [4.69, 9.17) is 11.6 Å². The van der Waals surface area contributed by atoms with Gasteiger partial charge in [0.05, 0.1) is 0 Å². The van der Waals surface area contributed by atoms with Gasteiger partial charge in [-0.25, -0.2) is 0 Å². The molecule has 4 aromatic carbocycles. The van der Waals surface area contributed by atoms with Gasteiger partial charge in [0.25, 0.3) is 11.8 Å². The van der Waals surface area contributed by atoms with E-state index >= 15 is 0 Å². The van der Waals surface area contributed by atoms with Gasteiger partial charge in [-0.2, -0.15) is 0 Å². The summed E-state index contributed by atoms with van der Waals surface area (Å²) in [6.07, 6.45) is 0. The van der Waals surface area contributed by atoms with E-state index in [1.54, 1.807) is 29.2 Å². The molecule has 0 aromatic heterocycles. The standard InChI is InChI=1S/C32H30ClN2O2P/c1-3-35(4-2)32(37)29(34-31(36)25-17-9-5-10-18-25)30(33)38(26-19-11-6-12-20-26,27-21-13-7-14-22-27)28-23-15-8-16-24-28/h5-24H,3-4H2,1-2H3/p+1. The Balaban J connectivity index is 2.07. The van der Waals surface area contributed by atoms with Gasteiger partial charge in [0.1, 0.15) is 15.9 Å². The molecule has 0 radical (unpaired) electrons. The molecule has 0 aliphatic heterocycles. The molecule has 0 fully saturated rings. The smallest absolute Gasteiger partial charge is 0.275 e. The van der Waals surface area contributed by atoms with Crippen molar-refractivity contribution < 1.29 is 9.59 Å². The molecule has 0 unspecified atom stereocenters. The molecule has 4 rings (SSSR count). The molecule has 192 valence electrons. The predicted molar refractivity (Wildman–Crippen MR) is 160 cm³/mol. The van der Waals surface area contributed by atoms with Gasteiger partial charge in [0.15, 0.2) is 13.0 Å². The van der Waals surface area contributed by atoms with Crippen LogP contribution in [0.25, 0.3) is 0 Å². The van der Waals surface area contributed by atoms with Gasteiger partial charge in [0.2, 0.25) is 4.77 Å². The van der Waals surface area contributed by atoms with Crippen molar-refractivity contribution in [2.24, 2.45) is 0 Å². The topological polar surface area (TPSA) is 49.4 Å². The molecule has 4 nitrogen and oxygen atoms in total. The lowest BCUT2D eigenvalue weighted by atomic mass is 10.2. The molecule has 2 amide bonds. The molecule has 0 bridgehead atoms. The first-order valence-corrected chi connectivity index (χ1v) is 14.8. The van der Waals surface area contributed by atoms with Crippen LogP contribution in [0.5, 0.6) is 0 Å². The van der Waals surface area contributed by atoms with Crippen molar-refractivity contribution in [1.82, 2.24) is 10.2 Å². The molecule has 4 aromatic rings. The van der Waals surface area contributed by atoms with Crippen molar-refractivity contribution in [1.29, 1.82) is 0 Å². The Hall–Kier alpha value is -3.72. The number of likely N-dealkylation sites (N-methyl/N-ethyl adjacent to an activating group) is 1. The molecule has 0 aliphatic rings. The lowest BCUT2D eigenvalue weighted by Crippen LogP contribution is -2.41. The van der Waals surface area contributed by atoms with E-state index in [0.717, 1.165) is 15.9 Å². The highest BCUT2D eigenvalue weighted by Crippen LogP contribution is 2.64. The molecule has 0 aliphatic carbocycles. The summed E-state index contributed by atoms with van der Waals surface area (Å²) in [6.45, 7) is 4.80. The zero-order valence-corrected chi connectivity index (χ0v) is 23.2. The van der Waals surface area contributed by atoms with E-state index in [1.165, 1.54) is 0 Å². The number of hydrogen-bond donors (Lipinski definition) is 1. The second-order valence-corrected chi connectivity index (χ2v) is 12.6. The van der Waals surface area contributed by atoms with E-state index in [2.05, 4.69) is 41.7 Å². The van der Waals surface area contributed by atoms with E-state index in [0.29, 0.717) is 23.4 Å². The maximum Gasteiger partial charge on any atom is 0.275 e. The summed E-state index contributed by atoms with van der Waals surface area (Å²) < 4.78 is 0.335. The molecular weight excluding hydrogens is 511 g/mol. The van der Waals surface area contributed by atoms with Crippen LogP contribution < -0.4 is 21.2 Å². The Labute approximate surface area is 230 Å². The first kappa shape index (κ1) is 27.3. The third-order valence-electron chi connectivity index (χ3n) is 6.47. The Kier molecular flexibility index (Phi) is 9.12. The highest BCUT2D eigenvalue weighted by Gasteiger charge is 2.52. The molecule has 0 saturated heterocycles. The second-order valence-electron chi connectivity index (χ2n) is 8.64. The van der Waals surface area contributed by atoms with Gasteiger partial charge in [0, 0.05) is 18.7 Å². The number of benzene rings is 4. The summed E-state index contributed by atoms with van der Waals surface area (Å²) in [5.74, 6) is -0.692. The van der Waals surface area contributed by atoms with Gasteiger partial charge in [-0.1, -0.05) is 72.8 Å². The van der Waals surface area contributed by atoms with Crippen LogP contribution in [0.15, 0.2) is 132 Å². The molecule has 0 heterocycles. The third kappa shape index (κ3) is 5.43. The summed E-state index contributed by atoms with van der Waals surface area (Å²) in [4.78, 5) is 29.2. The lowest BCUT2D eigenvalue weighted by Gasteiger charge is -2.29. The van der Waals surface area contributed by atoms with Gasteiger partial charge in [-0.3, -0.25) is 9.59 Å². The van der Waals surface area contributed by atoms with Crippen molar-refractivity contribution in [3.8, 4) is 0 Å². The maximum atomic E-state index is 14.0. The number of halogens is 1. The zero-order chi connectivity index (χ0) is 27.0. The van der Waals surface area contributed by atoms with Crippen LogP contribution in [0.3, 0.4) is 0 Å². The van der Waals surface area contributed by atoms with E-state index < -0.39 is 7.26 Å². The number of nitrogens with zero attached hydrogens (tertiary/aromatic N) is 1. The minimum Gasteiger partial charge on any atom is -0.338 e. The normalized spacial score (nSPS) is 11.9. The van der Waals surface area contributed by atoms with Gasteiger partial charge in [-0.15, -0.1) is 0 Å². The summed E-state index contributed by atoms with van der Waals surface area (Å²) in [6, 6.07) is 38.9. The Bertz CT molecular complexity index is 1290. The lowest BCUT2D eigenvalue weighted by molar-refractivity contribution is -0.127.